The third kappa shape index (κ3) is 5.39. The highest BCUT2D eigenvalue weighted by Gasteiger charge is 2.30. The van der Waals surface area contributed by atoms with Crippen LogP contribution in [0, 0.1) is 0 Å². The Bertz CT molecular complexity index is 1010. The lowest BCUT2D eigenvalue weighted by molar-refractivity contribution is -0.122. The van der Waals surface area contributed by atoms with Gasteiger partial charge in [0.2, 0.25) is 15.9 Å². The number of hydrogen-bond acceptors (Lipinski definition) is 4. The second kappa shape index (κ2) is 9.45. The number of anilines is 2. The lowest BCUT2D eigenvalue weighted by atomic mass is 10.2. The number of sulfonamides is 1. The van der Waals surface area contributed by atoms with Gasteiger partial charge in [0, 0.05) is 30.3 Å². The maximum atomic E-state index is 12.7. The van der Waals surface area contributed by atoms with E-state index in [1.165, 1.54) is 37.6 Å². The molecular formula is C21H25Cl2N3O3S. The van der Waals surface area contributed by atoms with Gasteiger partial charge >= 0.3 is 0 Å². The number of amides is 1. The first-order chi connectivity index (χ1) is 14.2. The first-order valence-electron chi connectivity index (χ1n) is 9.73. The zero-order valence-electron chi connectivity index (χ0n) is 16.9. The first-order valence-corrected chi connectivity index (χ1v) is 12.3. The second-order valence-electron chi connectivity index (χ2n) is 7.41. The summed E-state index contributed by atoms with van der Waals surface area (Å²) in [4.78, 5) is 15.1. The van der Waals surface area contributed by atoms with Crippen LogP contribution in [0.3, 0.4) is 0 Å². The molecule has 30 heavy (non-hydrogen) atoms. The normalized spacial score (nSPS) is 15.1. The van der Waals surface area contributed by atoms with Crippen molar-refractivity contribution >= 4 is 50.5 Å². The van der Waals surface area contributed by atoms with E-state index in [2.05, 4.69) is 10.2 Å². The van der Waals surface area contributed by atoms with Crippen molar-refractivity contribution in [3.8, 4) is 0 Å². The summed E-state index contributed by atoms with van der Waals surface area (Å²) in [5.41, 5.74) is 2.28. The summed E-state index contributed by atoms with van der Waals surface area (Å²) in [6, 6.07) is 11.5. The van der Waals surface area contributed by atoms with Crippen LogP contribution >= 0.6 is 23.2 Å². The number of hydrogen-bond donors (Lipinski definition) is 1. The molecule has 9 heteroatoms. The summed E-state index contributed by atoms with van der Waals surface area (Å²) in [6.45, 7) is 3.95. The van der Waals surface area contributed by atoms with Crippen LogP contribution in [0.15, 0.2) is 42.5 Å². The van der Waals surface area contributed by atoms with Crippen LogP contribution in [0.4, 0.5) is 11.4 Å². The minimum Gasteiger partial charge on any atom is -0.372 e. The van der Waals surface area contributed by atoms with Gasteiger partial charge in [0.15, 0.2) is 0 Å². The second-order valence-corrected chi connectivity index (χ2v) is 10.1. The molecule has 0 radical (unpaired) electrons. The molecule has 1 N–H and O–H groups in total. The Kier molecular flexibility index (Phi) is 7.16. The van der Waals surface area contributed by atoms with Crippen LogP contribution in [0.5, 0.6) is 0 Å². The first kappa shape index (κ1) is 22.7. The van der Waals surface area contributed by atoms with E-state index in [4.69, 9.17) is 23.2 Å². The Morgan fingerprint density at radius 2 is 1.77 bits per heavy atom. The van der Waals surface area contributed by atoms with Crippen molar-refractivity contribution in [2.24, 2.45) is 0 Å². The van der Waals surface area contributed by atoms with Crippen molar-refractivity contribution in [2.45, 2.75) is 32.4 Å². The van der Waals surface area contributed by atoms with Crippen LogP contribution in [0.25, 0.3) is 0 Å². The molecule has 1 aliphatic rings. The Morgan fingerprint density at radius 3 is 2.37 bits per heavy atom. The Morgan fingerprint density at radius 1 is 1.13 bits per heavy atom. The zero-order chi connectivity index (χ0) is 21.9. The molecule has 1 heterocycles. The number of rotatable bonds is 7. The predicted octanol–water partition coefficient (Wildman–Crippen LogP) is 4.06. The number of benzene rings is 2. The standard InChI is InChI=1S/C21H25Cl2N3O3S/c1-15(26(30(2,28)29)20-13-17(22)7-10-19(20)23)21(27)24-14-16-5-8-18(9-6-16)25-11-3-4-12-25/h5-10,13,15H,3-4,11-12,14H2,1-2H3,(H,24,27)/t15-/m0/s1. The van der Waals surface area contributed by atoms with Crippen LogP contribution in [-0.4, -0.2) is 39.7 Å². The monoisotopic (exact) mass is 469 g/mol. The van der Waals surface area contributed by atoms with Gasteiger partial charge in [0.1, 0.15) is 6.04 Å². The third-order valence-electron chi connectivity index (χ3n) is 5.11. The number of halogens is 2. The number of carbonyl (C=O) groups excluding carboxylic acids is 1. The van der Waals surface area contributed by atoms with Gasteiger partial charge in [-0.1, -0.05) is 35.3 Å². The molecule has 0 saturated carbocycles. The number of carbonyl (C=O) groups is 1. The van der Waals surface area contributed by atoms with Crippen LogP contribution in [-0.2, 0) is 21.4 Å². The Hall–Kier alpha value is -1.96. The lowest BCUT2D eigenvalue weighted by Crippen LogP contribution is -2.47. The van der Waals surface area contributed by atoms with E-state index in [1.807, 2.05) is 24.3 Å². The number of nitrogens with zero attached hydrogens (tertiary/aromatic N) is 2. The molecule has 0 spiro atoms. The maximum Gasteiger partial charge on any atom is 0.243 e. The fourth-order valence-electron chi connectivity index (χ4n) is 3.57. The summed E-state index contributed by atoms with van der Waals surface area (Å²) in [6.07, 6.45) is 3.46. The Labute approximate surface area is 187 Å². The third-order valence-corrected chi connectivity index (χ3v) is 6.89. The maximum absolute atomic E-state index is 12.7. The van der Waals surface area contributed by atoms with Crippen LogP contribution < -0.4 is 14.5 Å². The molecule has 1 aliphatic heterocycles. The van der Waals surface area contributed by atoms with Gasteiger partial charge in [0.25, 0.3) is 0 Å². The van der Waals surface area contributed by atoms with Crippen molar-refractivity contribution in [1.29, 1.82) is 0 Å². The summed E-state index contributed by atoms with van der Waals surface area (Å²) in [5.74, 6) is -0.430. The summed E-state index contributed by atoms with van der Waals surface area (Å²) < 4.78 is 25.8. The smallest absolute Gasteiger partial charge is 0.243 e. The van der Waals surface area contributed by atoms with Gasteiger partial charge in [-0.3, -0.25) is 9.10 Å². The molecule has 2 aromatic carbocycles. The molecule has 6 nitrogen and oxygen atoms in total. The summed E-state index contributed by atoms with van der Waals surface area (Å²) in [7, 11) is -3.78. The topological polar surface area (TPSA) is 69.7 Å². The van der Waals surface area contributed by atoms with Gasteiger partial charge in [-0.25, -0.2) is 8.42 Å². The molecule has 162 valence electrons. The molecule has 0 aliphatic carbocycles. The summed E-state index contributed by atoms with van der Waals surface area (Å²) >= 11 is 12.2. The molecule has 0 aromatic heterocycles. The SMILES string of the molecule is C[C@@H](C(=O)NCc1ccc(N2CCCC2)cc1)N(c1cc(Cl)ccc1Cl)S(C)(=O)=O. The van der Waals surface area contributed by atoms with Crippen molar-refractivity contribution in [3.63, 3.8) is 0 Å². The molecular weight excluding hydrogens is 445 g/mol. The van der Waals surface area contributed by atoms with Gasteiger partial charge in [0.05, 0.1) is 17.0 Å². The van der Waals surface area contributed by atoms with E-state index >= 15 is 0 Å². The average Bonchev–Trinajstić information content (AvgIpc) is 3.23. The largest absolute Gasteiger partial charge is 0.372 e. The fourth-order valence-corrected chi connectivity index (χ4v) is 5.18. The van der Waals surface area contributed by atoms with Gasteiger partial charge in [-0.15, -0.1) is 0 Å². The molecule has 2 aromatic rings. The highest BCUT2D eigenvalue weighted by Crippen LogP contribution is 2.32. The van der Waals surface area contributed by atoms with Gasteiger partial charge < -0.3 is 10.2 Å². The molecule has 1 amide bonds. The predicted molar refractivity (Wildman–Crippen MR) is 123 cm³/mol. The molecule has 1 atom stereocenters. The molecule has 1 saturated heterocycles. The van der Waals surface area contributed by atoms with Crippen molar-refractivity contribution in [3.05, 3.63) is 58.1 Å². The number of nitrogens with one attached hydrogen (secondary N) is 1. The lowest BCUT2D eigenvalue weighted by Gasteiger charge is -2.29. The quantitative estimate of drug-likeness (QED) is 0.663. The summed E-state index contributed by atoms with van der Waals surface area (Å²) in [5, 5.41) is 3.33. The fraction of sp³-hybridized carbons (Fsp3) is 0.381. The van der Waals surface area contributed by atoms with E-state index in [0.717, 1.165) is 29.2 Å². The molecule has 1 fully saturated rings. The average molecular weight is 470 g/mol. The highest BCUT2D eigenvalue weighted by atomic mass is 35.5. The van der Waals surface area contributed by atoms with Crippen LogP contribution in [0.1, 0.15) is 25.3 Å². The van der Waals surface area contributed by atoms with Crippen molar-refractivity contribution in [1.82, 2.24) is 5.32 Å². The minimum absolute atomic E-state index is 0.171. The van der Waals surface area contributed by atoms with Crippen LogP contribution in [0.2, 0.25) is 10.0 Å². The minimum atomic E-state index is -3.78. The highest BCUT2D eigenvalue weighted by molar-refractivity contribution is 7.92. The van der Waals surface area contributed by atoms with Crippen molar-refractivity contribution in [2.75, 3.05) is 28.6 Å². The van der Waals surface area contributed by atoms with Gasteiger partial charge in [-0.05, 0) is 55.7 Å². The zero-order valence-corrected chi connectivity index (χ0v) is 19.3. The van der Waals surface area contributed by atoms with E-state index in [0.29, 0.717) is 11.6 Å². The molecule has 0 unspecified atom stereocenters. The van der Waals surface area contributed by atoms with E-state index in [9.17, 15) is 13.2 Å². The van der Waals surface area contributed by atoms with E-state index < -0.39 is 22.0 Å². The Balaban J connectivity index is 1.70. The van der Waals surface area contributed by atoms with E-state index in [1.54, 1.807) is 6.07 Å². The molecule has 0 bridgehead atoms. The van der Waals surface area contributed by atoms with Crippen molar-refractivity contribution < 1.29 is 13.2 Å². The van der Waals surface area contributed by atoms with Gasteiger partial charge in [-0.2, -0.15) is 0 Å². The molecule has 3 rings (SSSR count). The van der Waals surface area contributed by atoms with E-state index in [-0.39, 0.29) is 10.7 Å².